The normalized spacial score (nSPS) is 11.5. The summed E-state index contributed by atoms with van der Waals surface area (Å²) in [6.45, 7) is 4.77. The molecule has 0 saturated heterocycles. The molecule has 4 nitrogen and oxygen atoms in total. The number of carbonyl (C=O) groups excluding carboxylic acids is 1. The predicted molar refractivity (Wildman–Crippen MR) is 84.4 cm³/mol. The Balaban J connectivity index is 2.27. The quantitative estimate of drug-likeness (QED) is 0.776. The van der Waals surface area contributed by atoms with Crippen LogP contribution in [0.15, 0.2) is 48.1 Å². The van der Waals surface area contributed by atoms with Crippen LogP contribution in [0, 0.1) is 0 Å². The number of ether oxygens (including phenoxy) is 2. The van der Waals surface area contributed by atoms with E-state index in [0.29, 0.717) is 6.54 Å². The van der Waals surface area contributed by atoms with Gasteiger partial charge in [-0.15, -0.1) is 0 Å². The fraction of sp³-hybridized carbons (Fsp3) is 0.353. The maximum Gasteiger partial charge on any atom is 0.407 e. The third-order valence-corrected chi connectivity index (χ3v) is 2.96. The van der Waals surface area contributed by atoms with Crippen molar-refractivity contribution >= 4 is 6.09 Å². The molecule has 0 bridgehead atoms. The molecular weight excluding hydrogens is 266 g/mol. The zero-order chi connectivity index (χ0) is 15.5. The summed E-state index contributed by atoms with van der Waals surface area (Å²) in [6, 6.07) is 7.42. The van der Waals surface area contributed by atoms with Crippen LogP contribution in [0.4, 0.5) is 4.79 Å². The van der Waals surface area contributed by atoms with Crippen LogP contribution >= 0.6 is 0 Å². The van der Waals surface area contributed by atoms with Crippen LogP contribution in [0.25, 0.3) is 0 Å². The lowest BCUT2D eigenvalue weighted by Crippen LogP contribution is -2.25. The molecule has 0 unspecified atom stereocenters. The lowest BCUT2D eigenvalue weighted by molar-refractivity contribution is 0.140. The Morgan fingerprint density at radius 1 is 1.24 bits per heavy atom. The van der Waals surface area contributed by atoms with E-state index in [4.69, 9.17) is 9.47 Å². The second-order valence-corrected chi connectivity index (χ2v) is 4.46. The van der Waals surface area contributed by atoms with Crippen molar-refractivity contribution in [3.63, 3.8) is 0 Å². The molecule has 1 amide bonds. The van der Waals surface area contributed by atoms with Crippen molar-refractivity contribution in [3.8, 4) is 5.75 Å². The Morgan fingerprint density at radius 3 is 2.52 bits per heavy atom. The molecule has 0 heterocycles. The Bertz CT molecular complexity index is 489. The fourth-order valence-electron chi connectivity index (χ4n) is 1.77. The van der Waals surface area contributed by atoms with Gasteiger partial charge in [-0.2, -0.15) is 0 Å². The second-order valence-electron chi connectivity index (χ2n) is 4.46. The molecule has 0 saturated carbocycles. The van der Waals surface area contributed by atoms with Gasteiger partial charge in [-0.3, -0.25) is 0 Å². The van der Waals surface area contributed by atoms with Crippen molar-refractivity contribution in [1.29, 1.82) is 0 Å². The van der Waals surface area contributed by atoms with Gasteiger partial charge >= 0.3 is 6.09 Å². The maximum absolute atomic E-state index is 11.6. The van der Waals surface area contributed by atoms with E-state index in [2.05, 4.69) is 5.32 Å². The zero-order valence-corrected chi connectivity index (χ0v) is 12.9. The molecule has 0 fully saturated rings. The summed E-state index contributed by atoms with van der Waals surface area (Å²) in [5.74, 6) is 0.783. The first-order chi connectivity index (χ1) is 10.2. The van der Waals surface area contributed by atoms with Gasteiger partial charge in [0.2, 0.25) is 0 Å². The summed E-state index contributed by atoms with van der Waals surface area (Å²) >= 11 is 0. The molecule has 114 valence electrons. The minimum atomic E-state index is -0.401. The smallest absolute Gasteiger partial charge is 0.407 e. The summed E-state index contributed by atoms with van der Waals surface area (Å²) in [4.78, 5) is 11.6. The molecule has 0 aliphatic carbocycles. The average Bonchev–Trinajstić information content (AvgIpc) is 2.52. The van der Waals surface area contributed by atoms with Gasteiger partial charge in [-0.25, -0.2) is 4.79 Å². The molecule has 0 atom stereocenters. The minimum absolute atomic E-state index is 0.251. The molecule has 0 radical (unpaired) electrons. The number of carbonyl (C=O) groups is 1. The molecule has 4 heteroatoms. The molecule has 0 spiro atoms. The summed E-state index contributed by atoms with van der Waals surface area (Å²) in [7, 11) is 1.62. The number of hydrogen-bond donors (Lipinski definition) is 1. The number of allylic oxidation sites excluding steroid dienone is 3. The average molecular weight is 289 g/mol. The van der Waals surface area contributed by atoms with Crippen LogP contribution in [0.5, 0.6) is 5.75 Å². The van der Waals surface area contributed by atoms with E-state index in [9.17, 15) is 4.79 Å². The summed E-state index contributed by atoms with van der Waals surface area (Å²) < 4.78 is 10.2. The van der Waals surface area contributed by atoms with E-state index in [-0.39, 0.29) is 6.61 Å². The number of rotatable bonds is 7. The standard InChI is InChI=1S/C17H23NO3/c1-4-6-14(5-2)11-12-18-17(19)21-13-15-7-9-16(20-3)10-8-15/h4-10H,11-13H2,1-3H3,(H,18,19)/b6-4-,14-5+. The van der Waals surface area contributed by atoms with Gasteiger partial charge in [-0.05, 0) is 38.0 Å². The van der Waals surface area contributed by atoms with Crippen molar-refractivity contribution < 1.29 is 14.3 Å². The Labute approximate surface area is 126 Å². The Morgan fingerprint density at radius 2 is 1.95 bits per heavy atom. The third kappa shape index (κ3) is 6.65. The number of methoxy groups -OCH3 is 1. The molecule has 0 aliphatic rings. The first-order valence-electron chi connectivity index (χ1n) is 7.01. The number of amides is 1. The first kappa shape index (κ1) is 16.8. The van der Waals surface area contributed by atoms with Crippen molar-refractivity contribution in [3.05, 3.63) is 53.6 Å². The van der Waals surface area contributed by atoms with E-state index in [1.165, 1.54) is 5.57 Å². The van der Waals surface area contributed by atoms with Crippen molar-refractivity contribution in [2.75, 3.05) is 13.7 Å². The molecule has 1 N–H and O–H groups in total. The number of hydrogen-bond acceptors (Lipinski definition) is 3. The third-order valence-electron chi connectivity index (χ3n) is 2.96. The van der Waals surface area contributed by atoms with E-state index >= 15 is 0 Å². The van der Waals surface area contributed by atoms with E-state index < -0.39 is 6.09 Å². The maximum atomic E-state index is 11.6. The molecule has 0 aliphatic heterocycles. The van der Waals surface area contributed by atoms with Gasteiger partial charge in [-0.1, -0.05) is 35.9 Å². The highest BCUT2D eigenvalue weighted by molar-refractivity contribution is 5.67. The lowest BCUT2D eigenvalue weighted by Gasteiger charge is -2.08. The molecule has 0 aromatic heterocycles. The van der Waals surface area contributed by atoms with E-state index in [0.717, 1.165) is 17.7 Å². The largest absolute Gasteiger partial charge is 0.497 e. The predicted octanol–water partition coefficient (Wildman–Crippen LogP) is 3.83. The van der Waals surface area contributed by atoms with Gasteiger partial charge in [0.25, 0.3) is 0 Å². The Kier molecular flexibility index (Phi) is 7.72. The van der Waals surface area contributed by atoms with E-state index in [1.54, 1.807) is 7.11 Å². The van der Waals surface area contributed by atoms with Crippen LogP contribution in [-0.4, -0.2) is 19.7 Å². The van der Waals surface area contributed by atoms with E-state index in [1.807, 2.05) is 56.3 Å². The molecule has 1 aromatic rings. The van der Waals surface area contributed by atoms with Gasteiger partial charge in [0.05, 0.1) is 7.11 Å². The summed E-state index contributed by atoms with van der Waals surface area (Å²) in [6.07, 6.45) is 6.44. The van der Waals surface area contributed by atoms with Crippen LogP contribution in [-0.2, 0) is 11.3 Å². The van der Waals surface area contributed by atoms with Crippen molar-refractivity contribution in [2.45, 2.75) is 26.9 Å². The van der Waals surface area contributed by atoms with Crippen LogP contribution in [0.1, 0.15) is 25.8 Å². The fourth-order valence-corrected chi connectivity index (χ4v) is 1.77. The number of nitrogens with one attached hydrogen (secondary N) is 1. The van der Waals surface area contributed by atoms with Gasteiger partial charge in [0, 0.05) is 6.54 Å². The highest BCUT2D eigenvalue weighted by Crippen LogP contribution is 2.11. The van der Waals surface area contributed by atoms with Gasteiger partial charge < -0.3 is 14.8 Å². The topological polar surface area (TPSA) is 47.6 Å². The molecule has 1 aromatic carbocycles. The summed E-state index contributed by atoms with van der Waals surface area (Å²) in [5.41, 5.74) is 2.11. The van der Waals surface area contributed by atoms with Crippen LogP contribution in [0.2, 0.25) is 0 Å². The highest BCUT2D eigenvalue weighted by Gasteiger charge is 2.02. The summed E-state index contributed by atoms with van der Waals surface area (Å²) in [5, 5.41) is 2.74. The van der Waals surface area contributed by atoms with Crippen LogP contribution < -0.4 is 10.1 Å². The molecule has 21 heavy (non-hydrogen) atoms. The molecule has 1 rings (SSSR count). The first-order valence-corrected chi connectivity index (χ1v) is 7.01. The SMILES string of the molecule is C/C=C\C(=C/C)CCNC(=O)OCc1ccc(OC)cc1. The second kappa shape index (κ2) is 9.64. The minimum Gasteiger partial charge on any atom is -0.497 e. The van der Waals surface area contributed by atoms with Crippen LogP contribution in [0.3, 0.4) is 0 Å². The van der Waals surface area contributed by atoms with Crippen molar-refractivity contribution in [1.82, 2.24) is 5.32 Å². The van der Waals surface area contributed by atoms with Crippen molar-refractivity contribution in [2.24, 2.45) is 0 Å². The number of alkyl carbamates (subject to hydrolysis) is 1. The Hall–Kier alpha value is -2.23. The zero-order valence-electron chi connectivity index (χ0n) is 12.9. The monoisotopic (exact) mass is 289 g/mol. The van der Waals surface area contributed by atoms with Gasteiger partial charge in [0.15, 0.2) is 0 Å². The number of benzene rings is 1. The lowest BCUT2D eigenvalue weighted by atomic mass is 10.1. The van der Waals surface area contributed by atoms with Gasteiger partial charge in [0.1, 0.15) is 12.4 Å². The molecular formula is C17H23NO3. The highest BCUT2D eigenvalue weighted by atomic mass is 16.5.